The number of benzene rings is 4. The van der Waals surface area contributed by atoms with Gasteiger partial charge in [0.2, 0.25) is 11.8 Å². The van der Waals surface area contributed by atoms with Gasteiger partial charge in [-0.15, -0.1) is 0 Å². The van der Waals surface area contributed by atoms with Gasteiger partial charge < -0.3 is 10.2 Å². The monoisotopic (exact) mass is 627 g/mol. The molecule has 0 heterocycles. The molecule has 7 nitrogen and oxygen atoms in total. The molecule has 1 saturated carbocycles. The van der Waals surface area contributed by atoms with E-state index in [4.69, 9.17) is 0 Å². The number of nitrogens with one attached hydrogen (secondary N) is 1. The predicted molar refractivity (Wildman–Crippen MR) is 173 cm³/mol. The number of carbonyl (C=O) groups is 2. The van der Waals surface area contributed by atoms with Crippen LogP contribution in [0.4, 0.5) is 10.1 Å². The van der Waals surface area contributed by atoms with Crippen molar-refractivity contribution in [1.29, 1.82) is 0 Å². The highest BCUT2D eigenvalue weighted by atomic mass is 32.2. The number of sulfonamides is 1. The van der Waals surface area contributed by atoms with E-state index in [2.05, 4.69) is 5.32 Å². The third kappa shape index (κ3) is 8.16. The van der Waals surface area contributed by atoms with Crippen molar-refractivity contribution in [1.82, 2.24) is 10.2 Å². The zero-order chi connectivity index (χ0) is 31.6. The maximum Gasteiger partial charge on any atom is 0.264 e. The minimum absolute atomic E-state index is 0.00609. The second-order valence-electron chi connectivity index (χ2n) is 11.3. The van der Waals surface area contributed by atoms with Crippen LogP contribution in [0.25, 0.3) is 0 Å². The number of rotatable bonds is 12. The molecule has 0 spiro atoms. The summed E-state index contributed by atoms with van der Waals surface area (Å²) in [7, 11) is -4.36. The summed E-state index contributed by atoms with van der Waals surface area (Å²) in [6, 6.07) is 30.9. The van der Waals surface area contributed by atoms with Gasteiger partial charge in [0.15, 0.2) is 0 Å². The summed E-state index contributed by atoms with van der Waals surface area (Å²) >= 11 is 0. The third-order valence-electron chi connectivity index (χ3n) is 8.15. The van der Waals surface area contributed by atoms with E-state index in [1.54, 1.807) is 18.2 Å². The van der Waals surface area contributed by atoms with Crippen LogP contribution in [0, 0.1) is 5.82 Å². The number of hydrogen-bond acceptors (Lipinski definition) is 4. The van der Waals surface area contributed by atoms with Crippen LogP contribution in [-0.4, -0.2) is 43.8 Å². The molecular formula is C36H38FN3O4S. The van der Waals surface area contributed by atoms with Crippen molar-refractivity contribution in [2.45, 2.75) is 62.0 Å². The second kappa shape index (κ2) is 15.0. The Morgan fingerprint density at radius 2 is 1.31 bits per heavy atom. The zero-order valence-electron chi connectivity index (χ0n) is 25.1. The van der Waals surface area contributed by atoms with Crippen molar-refractivity contribution in [2.24, 2.45) is 0 Å². The lowest BCUT2D eigenvalue weighted by atomic mass is 9.94. The minimum Gasteiger partial charge on any atom is -0.352 e. The summed E-state index contributed by atoms with van der Waals surface area (Å²) in [5.41, 5.74) is 1.38. The number of hydrogen-bond donors (Lipinski definition) is 1. The fraction of sp³-hybridized carbons (Fsp3) is 0.278. The van der Waals surface area contributed by atoms with Gasteiger partial charge in [0, 0.05) is 19.0 Å². The Balaban J connectivity index is 1.55. The van der Waals surface area contributed by atoms with Crippen LogP contribution in [0.5, 0.6) is 0 Å². The lowest BCUT2D eigenvalue weighted by Gasteiger charge is -2.35. The van der Waals surface area contributed by atoms with Gasteiger partial charge in [0.05, 0.1) is 10.6 Å². The molecule has 9 heteroatoms. The molecular weight excluding hydrogens is 589 g/mol. The SMILES string of the molecule is O=C(NC1CCCCC1)C(Cc1ccccc1)N(Cc1ccccc1)C(=O)CN(c1ccccc1F)S(=O)(=O)c1ccccc1. The Bertz CT molecular complexity index is 1660. The molecule has 1 aliphatic carbocycles. The first-order valence-corrected chi connectivity index (χ1v) is 16.8. The standard InChI is InChI=1S/C36H38FN3O4S/c37-32-23-13-14-24-33(32)40(45(43,44)31-21-11-4-12-22-31)27-35(41)39(26-29-17-7-2-8-18-29)34(25-28-15-5-1-6-16-28)36(42)38-30-19-9-3-10-20-30/h1-2,4-8,11-18,21-24,30,34H,3,9-10,19-20,25-27H2,(H,38,42). The van der Waals surface area contributed by atoms with Crippen LogP contribution in [-0.2, 0) is 32.6 Å². The summed E-state index contributed by atoms with van der Waals surface area (Å²) in [4.78, 5) is 29.9. The van der Waals surface area contributed by atoms with Crippen molar-refractivity contribution < 1.29 is 22.4 Å². The molecule has 1 unspecified atom stereocenters. The van der Waals surface area contributed by atoms with Crippen LogP contribution >= 0.6 is 0 Å². The average molecular weight is 628 g/mol. The smallest absolute Gasteiger partial charge is 0.264 e. The topological polar surface area (TPSA) is 86.8 Å². The molecule has 0 radical (unpaired) electrons. The normalized spacial score (nSPS) is 14.3. The van der Waals surface area contributed by atoms with Crippen molar-refractivity contribution in [2.75, 3.05) is 10.8 Å². The molecule has 1 N–H and O–H groups in total. The Hall–Kier alpha value is -4.50. The van der Waals surface area contributed by atoms with Crippen LogP contribution in [0.15, 0.2) is 120 Å². The first kappa shape index (κ1) is 31.9. The van der Waals surface area contributed by atoms with Crippen LogP contribution < -0.4 is 9.62 Å². The van der Waals surface area contributed by atoms with E-state index in [-0.39, 0.29) is 35.5 Å². The van der Waals surface area contributed by atoms with Crippen molar-refractivity contribution >= 4 is 27.5 Å². The maximum absolute atomic E-state index is 15.2. The van der Waals surface area contributed by atoms with Crippen LogP contribution in [0.2, 0.25) is 0 Å². The lowest BCUT2D eigenvalue weighted by molar-refractivity contribution is -0.140. The summed E-state index contributed by atoms with van der Waals surface area (Å²) in [5.74, 6) is -1.70. The first-order chi connectivity index (χ1) is 21.8. The molecule has 0 aliphatic heterocycles. The van der Waals surface area contributed by atoms with Gasteiger partial charge in [-0.2, -0.15) is 0 Å². The van der Waals surface area contributed by atoms with E-state index in [1.807, 2.05) is 60.7 Å². The molecule has 4 aromatic rings. The highest BCUT2D eigenvalue weighted by Gasteiger charge is 2.36. The van der Waals surface area contributed by atoms with Crippen molar-refractivity contribution in [3.63, 3.8) is 0 Å². The van der Waals surface area contributed by atoms with Crippen molar-refractivity contribution in [3.05, 3.63) is 132 Å². The average Bonchev–Trinajstić information content (AvgIpc) is 3.07. The van der Waals surface area contributed by atoms with E-state index in [9.17, 15) is 18.0 Å². The molecule has 1 atom stereocenters. The molecule has 2 amide bonds. The van der Waals surface area contributed by atoms with Crippen LogP contribution in [0.3, 0.4) is 0 Å². The third-order valence-corrected chi connectivity index (χ3v) is 9.92. The minimum atomic E-state index is -4.36. The van der Waals surface area contributed by atoms with Gasteiger partial charge in [-0.3, -0.25) is 13.9 Å². The number of amides is 2. The molecule has 1 fully saturated rings. The van der Waals surface area contributed by atoms with E-state index in [1.165, 1.54) is 35.2 Å². The maximum atomic E-state index is 15.2. The fourth-order valence-corrected chi connectivity index (χ4v) is 7.21. The summed E-state index contributed by atoms with van der Waals surface area (Å²) in [5, 5.41) is 3.19. The fourth-order valence-electron chi connectivity index (χ4n) is 5.77. The highest BCUT2D eigenvalue weighted by Crippen LogP contribution is 2.27. The first-order valence-electron chi connectivity index (χ1n) is 15.3. The van der Waals surface area contributed by atoms with E-state index < -0.39 is 34.3 Å². The highest BCUT2D eigenvalue weighted by molar-refractivity contribution is 7.92. The Morgan fingerprint density at radius 1 is 0.756 bits per heavy atom. The van der Waals surface area contributed by atoms with E-state index in [0.717, 1.165) is 53.6 Å². The largest absolute Gasteiger partial charge is 0.352 e. The summed E-state index contributed by atoms with van der Waals surface area (Å²) in [6.07, 6.45) is 5.13. The molecule has 1 aliphatic rings. The molecule has 5 rings (SSSR count). The quantitative estimate of drug-likeness (QED) is 0.205. The number of halogens is 1. The number of anilines is 1. The Labute approximate surface area is 264 Å². The number of nitrogens with zero attached hydrogens (tertiary/aromatic N) is 2. The van der Waals surface area contributed by atoms with Gasteiger partial charge in [0.1, 0.15) is 18.4 Å². The number of carbonyl (C=O) groups excluding carboxylic acids is 2. The van der Waals surface area contributed by atoms with Gasteiger partial charge in [-0.25, -0.2) is 12.8 Å². The van der Waals surface area contributed by atoms with Gasteiger partial charge in [0.25, 0.3) is 10.0 Å². The number of para-hydroxylation sites is 1. The van der Waals surface area contributed by atoms with Gasteiger partial charge >= 0.3 is 0 Å². The molecule has 0 bridgehead atoms. The molecule has 45 heavy (non-hydrogen) atoms. The lowest BCUT2D eigenvalue weighted by Crippen LogP contribution is -2.55. The van der Waals surface area contributed by atoms with Gasteiger partial charge in [-0.1, -0.05) is 110 Å². The molecule has 234 valence electrons. The Kier molecular flexibility index (Phi) is 10.6. The predicted octanol–water partition coefficient (Wildman–Crippen LogP) is 6.11. The molecule has 0 saturated heterocycles. The van der Waals surface area contributed by atoms with Crippen LogP contribution in [0.1, 0.15) is 43.2 Å². The molecule has 4 aromatic carbocycles. The summed E-state index contributed by atoms with van der Waals surface area (Å²) in [6.45, 7) is -0.640. The van der Waals surface area contributed by atoms with Crippen molar-refractivity contribution in [3.8, 4) is 0 Å². The molecule has 0 aromatic heterocycles. The second-order valence-corrected chi connectivity index (χ2v) is 13.2. The van der Waals surface area contributed by atoms with E-state index >= 15 is 4.39 Å². The summed E-state index contributed by atoms with van der Waals surface area (Å²) < 4.78 is 44.0. The Morgan fingerprint density at radius 3 is 1.93 bits per heavy atom. The zero-order valence-corrected chi connectivity index (χ0v) is 25.9. The van der Waals surface area contributed by atoms with E-state index in [0.29, 0.717) is 0 Å². The van der Waals surface area contributed by atoms with Gasteiger partial charge in [-0.05, 0) is 48.2 Å².